The number of hydrogen-bond donors (Lipinski definition) is 3. The van der Waals surface area contributed by atoms with E-state index in [1.54, 1.807) is 7.05 Å². The van der Waals surface area contributed by atoms with Gasteiger partial charge >= 0.3 is 0 Å². The molecule has 0 atom stereocenters. The van der Waals surface area contributed by atoms with E-state index < -0.39 is 10.0 Å². The van der Waals surface area contributed by atoms with Crippen molar-refractivity contribution in [3.05, 3.63) is 70.8 Å². The maximum absolute atomic E-state index is 11.6. The van der Waals surface area contributed by atoms with E-state index in [2.05, 4.69) is 65.4 Å². The third-order valence-electron chi connectivity index (χ3n) is 5.22. The van der Waals surface area contributed by atoms with Crippen LogP contribution in [0.2, 0.25) is 0 Å². The van der Waals surface area contributed by atoms with E-state index in [0.717, 1.165) is 30.1 Å². The molecule has 31 heavy (non-hydrogen) atoms. The minimum atomic E-state index is -3.26. The summed E-state index contributed by atoms with van der Waals surface area (Å²) in [6, 6.07) is 16.3. The second-order valence-corrected chi connectivity index (χ2v) is 9.92. The summed E-state index contributed by atoms with van der Waals surface area (Å²) >= 11 is 0. The lowest BCUT2D eigenvalue weighted by atomic mass is 9.84. The Balaban J connectivity index is 0.00000480. The topological polar surface area (TPSA) is 82.6 Å². The molecule has 2 rings (SSSR count). The molecule has 2 aromatic carbocycles. The molecular formula is C23H35IN4O2S. The predicted molar refractivity (Wildman–Crippen MR) is 141 cm³/mol. The van der Waals surface area contributed by atoms with Gasteiger partial charge in [0.05, 0.1) is 5.75 Å². The second kappa shape index (κ2) is 12.4. The SMILES string of the molecule is CCc1ccc(C(C)(C)CNC(=NC)NCc2ccc(CS(=O)(=O)NC)cc2)cc1.I. The Bertz CT molecular complexity index is 941. The monoisotopic (exact) mass is 558 g/mol. The number of rotatable bonds is 9. The van der Waals surface area contributed by atoms with Crippen molar-refractivity contribution < 1.29 is 8.42 Å². The van der Waals surface area contributed by atoms with Crippen molar-refractivity contribution in [3.8, 4) is 0 Å². The van der Waals surface area contributed by atoms with Gasteiger partial charge in [-0.25, -0.2) is 13.1 Å². The highest BCUT2D eigenvalue weighted by atomic mass is 127. The van der Waals surface area contributed by atoms with Crippen LogP contribution in [-0.2, 0) is 34.2 Å². The van der Waals surface area contributed by atoms with Gasteiger partial charge < -0.3 is 10.6 Å². The van der Waals surface area contributed by atoms with Gasteiger partial charge in [0, 0.05) is 25.6 Å². The van der Waals surface area contributed by atoms with Crippen LogP contribution in [0.15, 0.2) is 53.5 Å². The van der Waals surface area contributed by atoms with Gasteiger partial charge in [-0.05, 0) is 35.7 Å². The fraction of sp³-hybridized carbons (Fsp3) is 0.435. The van der Waals surface area contributed by atoms with Crippen LogP contribution < -0.4 is 15.4 Å². The van der Waals surface area contributed by atoms with E-state index in [9.17, 15) is 8.42 Å². The van der Waals surface area contributed by atoms with E-state index in [1.165, 1.54) is 18.2 Å². The molecule has 0 unspecified atom stereocenters. The molecule has 0 radical (unpaired) electrons. The van der Waals surface area contributed by atoms with Gasteiger partial charge in [0.2, 0.25) is 10.0 Å². The average molecular weight is 559 g/mol. The van der Waals surface area contributed by atoms with Gasteiger partial charge in [-0.15, -0.1) is 24.0 Å². The van der Waals surface area contributed by atoms with Gasteiger partial charge in [-0.1, -0.05) is 69.3 Å². The second-order valence-electron chi connectivity index (χ2n) is 7.99. The Morgan fingerprint density at radius 3 is 2.00 bits per heavy atom. The van der Waals surface area contributed by atoms with E-state index >= 15 is 0 Å². The van der Waals surface area contributed by atoms with Crippen LogP contribution in [0, 0.1) is 0 Å². The highest BCUT2D eigenvalue weighted by Crippen LogP contribution is 2.22. The standard InChI is InChI=1S/C23H34N4O2S.HI/c1-6-18-11-13-21(14-12-18)23(2,3)17-27-22(24-4)26-15-19-7-9-20(10-8-19)16-30(28,29)25-5;/h7-14,25H,6,15-17H2,1-5H3,(H2,24,26,27);1H. The first-order valence-electron chi connectivity index (χ1n) is 10.2. The molecule has 0 aliphatic carbocycles. The molecule has 0 aromatic heterocycles. The van der Waals surface area contributed by atoms with E-state index in [-0.39, 0.29) is 35.1 Å². The average Bonchev–Trinajstić information content (AvgIpc) is 2.74. The number of halogens is 1. The summed E-state index contributed by atoms with van der Waals surface area (Å²) < 4.78 is 25.6. The Hall–Kier alpha value is -1.65. The minimum Gasteiger partial charge on any atom is -0.356 e. The molecule has 3 N–H and O–H groups in total. The summed E-state index contributed by atoms with van der Waals surface area (Å²) in [6.07, 6.45) is 1.04. The van der Waals surface area contributed by atoms with Crippen molar-refractivity contribution in [1.82, 2.24) is 15.4 Å². The summed E-state index contributed by atoms with van der Waals surface area (Å²) in [4.78, 5) is 4.31. The maximum Gasteiger partial charge on any atom is 0.215 e. The summed E-state index contributed by atoms with van der Waals surface area (Å²) in [7, 11) is -0.0798. The highest BCUT2D eigenvalue weighted by Gasteiger charge is 2.20. The van der Waals surface area contributed by atoms with Crippen molar-refractivity contribution in [2.24, 2.45) is 4.99 Å². The van der Waals surface area contributed by atoms with Gasteiger partial charge in [0.1, 0.15) is 0 Å². The minimum absolute atomic E-state index is 0. The summed E-state index contributed by atoms with van der Waals surface area (Å²) in [6.45, 7) is 7.94. The first-order chi connectivity index (χ1) is 14.2. The highest BCUT2D eigenvalue weighted by molar-refractivity contribution is 14.0. The quantitative estimate of drug-likeness (QED) is 0.250. The molecule has 0 aliphatic heterocycles. The van der Waals surface area contributed by atoms with Crippen LogP contribution in [0.1, 0.15) is 43.0 Å². The number of nitrogens with one attached hydrogen (secondary N) is 3. The number of nitrogens with zero attached hydrogens (tertiary/aromatic N) is 1. The lowest BCUT2D eigenvalue weighted by molar-refractivity contribution is 0.508. The number of sulfonamides is 1. The summed E-state index contributed by atoms with van der Waals surface area (Å²) in [5, 5.41) is 6.72. The predicted octanol–water partition coefficient (Wildman–Crippen LogP) is 3.56. The zero-order valence-corrected chi connectivity index (χ0v) is 22.2. The Morgan fingerprint density at radius 1 is 0.935 bits per heavy atom. The molecule has 6 nitrogen and oxygen atoms in total. The van der Waals surface area contributed by atoms with Crippen LogP contribution in [0.3, 0.4) is 0 Å². The van der Waals surface area contributed by atoms with Crippen molar-refractivity contribution in [1.29, 1.82) is 0 Å². The summed E-state index contributed by atoms with van der Waals surface area (Å²) in [5.74, 6) is 0.712. The first kappa shape index (κ1) is 27.4. The lowest BCUT2D eigenvalue weighted by Gasteiger charge is -2.27. The van der Waals surface area contributed by atoms with E-state index in [0.29, 0.717) is 6.54 Å². The molecule has 2 aromatic rings. The molecular weight excluding hydrogens is 523 g/mol. The third-order valence-corrected chi connectivity index (χ3v) is 6.55. The van der Waals surface area contributed by atoms with Crippen LogP contribution in [0.4, 0.5) is 0 Å². The van der Waals surface area contributed by atoms with Crippen molar-refractivity contribution in [2.75, 3.05) is 20.6 Å². The molecule has 0 bridgehead atoms. The third kappa shape index (κ3) is 8.78. The number of benzene rings is 2. The van der Waals surface area contributed by atoms with Crippen LogP contribution in [-0.4, -0.2) is 35.0 Å². The molecule has 0 saturated carbocycles. The van der Waals surface area contributed by atoms with E-state index in [4.69, 9.17) is 0 Å². The molecule has 8 heteroatoms. The van der Waals surface area contributed by atoms with Crippen molar-refractivity contribution >= 4 is 40.0 Å². The van der Waals surface area contributed by atoms with Crippen LogP contribution >= 0.6 is 24.0 Å². The van der Waals surface area contributed by atoms with Gasteiger partial charge in [-0.2, -0.15) is 0 Å². The number of hydrogen-bond acceptors (Lipinski definition) is 3. The molecule has 0 amide bonds. The van der Waals surface area contributed by atoms with Gasteiger partial charge in [-0.3, -0.25) is 4.99 Å². The smallest absolute Gasteiger partial charge is 0.215 e. The molecule has 0 heterocycles. The maximum atomic E-state index is 11.6. The molecule has 0 fully saturated rings. The largest absolute Gasteiger partial charge is 0.356 e. The normalized spacial score (nSPS) is 12.2. The van der Waals surface area contributed by atoms with Crippen LogP contribution in [0.5, 0.6) is 0 Å². The Morgan fingerprint density at radius 2 is 1.48 bits per heavy atom. The summed E-state index contributed by atoms with van der Waals surface area (Å²) in [5.41, 5.74) is 4.40. The fourth-order valence-electron chi connectivity index (χ4n) is 3.05. The molecule has 0 spiro atoms. The van der Waals surface area contributed by atoms with Crippen molar-refractivity contribution in [2.45, 2.75) is 44.9 Å². The first-order valence-corrected chi connectivity index (χ1v) is 11.9. The number of aliphatic imine (C=N–C) groups is 1. The van der Waals surface area contributed by atoms with E-state index in [1.807, 2.05) is 24.3 Å². The number of aryl methyl sites for hydroxylation is 1. The van der Waals surface area contributed by atoms with Crippen LogP contribution in [0.25, 0.3) is 0 Å². The lowest BCUT2D eigenvalue weighted by Crippen LogP contribution is -2.43. The fourth-order valence-corrected chi connectivity index (χ4v) is 3.83. The molecule has 0 aliphatic rings. The molecule has 172 valence electrons. The zero-order valence-electron chi connectivity index (χ0n) is 19.0. The zero-order chi connectivity index (χ0) is 22.2. The van der Waals surface area contributed by atoms with Crippen molar-refractivity contribution in [3.63, 3.8) is 0 Å². The van der Waals surface area contributed by atoms with Gasteiger partial charge in [0.15, 0.2) is 5.96 Å². The Kier molecular flexibility index (Phi) is 11.0. The van der Waals surface area contributed by atoms with Gasteiger partial charge in [0.25, 0.3) is 0 Å². The number of guanidine groups is 1. The Labute approximate surface area is 204 Å². The molecule has 0 saturated heterocycles.